The van der Waals surface area contributed by atoms with Crippen molar-refractivity contribution in [1.82, 2.24) is 4.98 Å². The second-order valence-corrected chi connectivity index (χ2v) is 2.82. The average molecular weight is 176 g/mol. The maximum atomic E-state index is 12.7. The fourth-order valence-corrected chi connectivity index (χ4v) is 1.28. The van der Waals surface area contributed by atoms with Gasteiger partial charge >= 0.3 is 0 Å². The van der Waals surface area contributed by atoms with Gasteiger partial charge in [-0.25, -0.2) is 4.39 Å². The van der Waals surface area contributed by atoms with Gasteiger partial charge in [0, 0.05) is 23.1 Å². The zero-order valence-electron chi connectivity index (χ0n) is 6.92. The van der Waals surface area contributed by atoms with E-state index in [0.29, 0.717) is 5.69 Å². The van der Waals surface area contributed by atoms with Crippen LogP contribution in [0.5, 0.6) is 0 Å². The van der Waals surface area contributed by atoms with Crippen molar-refractivity contribution >= 4 is 5.69 Å². The van der Waals surface area contributed by atoms with Crippen LogP contribution in [0.25, 0.3) is 11.3 Å². The quantitative estimate of drug-likeness (QED) is 0.643. The Kier molecular flexibility index (Phi) is 1.77. The minimum atomic E-state index is -0.312. The Morgan fingerprint density at radius 1 is 1.23 bits per heavy atom. The molecule has 0 atom stereocenters. The lowest BCUT2D eigenvalue weighted by Crippen LogP contribution is -1.90. The number of halogens is 1. The van der Waals surface area contributed by atoms with Crippen molar-refractivity contribution in [2.24, 2.45) is 0 Å². The van der Waals surface area contributed by atoms with E-state index in [9.17, 15) is 4.39 Å². The van der Waals surface area contributed by atoms with Crippen molar-refractivity contribution in [1.29, 1.82) is 0 Å². The average Bonchev–Trinajstić information content (AvgIpc) is 2.56. The topological polar surface area (TPSA) is 41.8 Å². The molecule has 0 amide bonds. The van der Waals surface area contributed by atoms with E-state index in [0.717, 1.165) is 11.3 Å². The summed E-state index contributed by atoms with van der Waals surface area (Å²) in [6.45, 7) is 0. The molecule has 1 heterocycles. The Morgan fingerprint density at radius 3 is 2.69 bits per heavy atom. The zero-order chi connectivity index (χ0) is 9.26. The highest BCUT2D eigenvalue weighted by atomic mass is 19.1. The first-order valence-electron chi connectivity index (χ1n) is 3.96. The smallest absolute Gasteiger partial charge is 0.125 e. The van der Waals surface area contributed by atoms with Gasteiger partial charge in [0.05, 0.1) is 0 Å². The van der Waals surface area contributed by atoms with Crippen molar-refractivity contribution < 1.29 is 4.39 Å². The number of nitrogens with two attached hydrogens (primary N) is 1. The summed E-state index contributed by atoms with van der Waals surface area (Å²) in [6.07, 6.45) is 1.80. The fraction of sp³-hybridized carbons (Fsp3) is 0. The van der Waals surface area contributed by atoms with E-state index in [1.54, 1.807) is 12.3 Å². The van der Waals surface area contributed by atoms with E-state index in [1.807, 2.05) is 12.1 Å². The minimum absolute atomic E-state index is 0.312. The van der Waals surface area contributed by atoms with Crippen molar-refractivity contribution in [2.75, 3.05) is 5.73 Å². The molecule has 0 aliphatic carbocycles. The van der Waals surface area contributed by atoms with Gasteiger partial charge in [-0.1, -0.05) is 0 Å². The van der Waals surface area contributed by atoms with Crippen LogP contribution in [0.1, 0.15) is 0 Å². The number of aromatic amines is 1. The van der Waals surface area contributed by atoms with Gasteiger partial charge in [-0.15, -0.1) is 0 Å². The molecule has 0 bridgehead atoms. The maximum absolute atomic E-state index is 12.7. The Morgan fingerprint density at radius 2 is 2.08 bits per heavy atom. The van der Waals surface area contributed by atoms with E-state index in [2.05, 4.69) is 4.98 Å². The Hall–Kier alpha value is -1.77. The van der Waals surface area contributed by atoms with Crippen molar-refractivity contribution in [3.63, 3.8) is 0 Å². The first-order chi connectivity index (χ1) is 6.27. The lowest BCUT2D eigenvalue weighted by atomic mass is 10.1. The Labute approximate surface area is 75.2 Å². The molecule has 0 saturated carbocycles. The number of hydrogen-bond acceptors (Lipinski definition) is 1. The van der Waals surface area contributed by atoms with Crippen molar-refractivity contribution in [2.45, 2.75) is 0 Å². The lowest BCUT2D eigenvalue weighted by molar-refractivity contribution is 0.628. The number of H-pyrrole nitrogens is 1. The Bertz CT molecular complexity index is 407. The highest BCUT2D eigenvalue weighted by Gasteiger charge is 2.03. The predicted molar refractivity (Wildman–Crippen MR) is 50.6 cm³/mol. The van der Waals surface area contributed by atoms with E-state index in [1.165, 1.54) is 12.1 Å². The SMILES string of the molecule is Nc1cc(F)ccc1-c1ccc[nH]1. The molecule has 0 aliphatic rings. The van der Waals surface area contributed by atoms with Gasteiger partial charge in [-0.2, -0.15) is 0 Å². The number of rotatable bonds is 1. The number of hydrogen-bond donors (Lipinski definition) is 2. The second-order valence-electron chi connectivity index (χ2n) is 2.82. The molecule has 0 unspecified atom stereocenters. The number of anilines is 1. The lowest BCUT2D eigenvalue weighted by Gasteiger charge is -2.02. The summed E-state index contributed by atoms with van der Waals surface area (Å²) in [4.78, 5) is 3.01. The number of nitrogen functional groups attached to an aromatic ring is 1. The zero-order valence-corrected chi connectivity index (χ0v) is 6.92. The summed E-state index contributed by atoms with van der Waals surface area (Å²) in [6, 6.07) is 8.14. The highest BCUT2D eigenvalue weighted by Crippen LogP contribution is 2.24. The molecule has 2 aromatic rings. The molecule has 1 aromatic heterocycles. The molecule has 66 valence electrons. The molecule has 3 N–H and O–H groups in total. The van der Waals surface area contributed by atoms with Crippen LogP contribution in [0.15, 0.2) is 36.5 Å². The van der Waals surface area contributed by atoms with Crippen LogP contribution < -0.4 is 5.73 Å². The molecule has 2 rings (SSSR count). The molecule has 1 aromatic carbocycles. The van der Waals surface area contributed by atoms with Gasteiger partial charge in [0.15, 0.2) is 0 Å². The number of aromatic nitrogens is 1. The molecule has 2 nitrogen and oxygen atoms in total. The Balaban J connectivity index is 2.53. The summed E-state index contributed by atoms with van der Waals surface area (Å²) >= 11 is 0. The molecule has 0 radical (unpaired) electrons. The third-order valence-corrected chi connectivity index (χ3v) is 1.90. The normalized spacial score (nSPS) is 10.2. The van der Waals surface area contributed by atoms with Crippen LogP contribution in [0, 0.1) is 5.82 Å². The molecule has 0 saturated heterocycles. The maximum Gasteiger partial charge on any atom is 0.125 e. The molecule has 3 heteroatoms. The van der Waals surface area contributed by atoms with Gasteiger partial charge in [0.25, 0.3) is 0 Å². The van der Waals surface area contributed by atoms with Crippen LogP contribution in [-0.2, 0) is 0 Å². The van der Waals surface area contributed by atoms with Gasteiger partial charge in [0.2, 0.25) is 0 Å². The standard InChI is InChI=1S/C10H9FN2/c11-7-3-4-8(9(12)6-7)10-2-1-5-13-10/h1-6,13H,12H2. The molecule has 13 heavy (non-hydrogen) atoms. The van der Waals surface area contributed by atoms with Crippen molar-refractivity contribution in [3.8, 4) is 11.3 Å². The molecular weight excluding hydrogens is 167 g/mol. The molecule has 0 spiro atoms. The third-order valence-electron chi connectivity index (χ3n) is 1.90. The van der Waals surface area contributed by atoms with Gasteiger partial charge in [0.1, 0.15) is 5.82 Å². The summed E-state index contributed by atoms with van der Waals surface area (Å²) in [7, 11) is 0. The molecule has 0 aliphatic heterocycles. The van der Waals surface area contributed by atoms with Crippen molar-refractivity contribution in [3.05, 3.63) is 42.3 Å². The number of nitrogens with one attached hydrogen (secondary N) is 1. The van der Waals surface area contributed by atoms with E-state index in [-0.39, 0.29) is 5.82 Å². The van der Waals surface area contributed by atoms with Gasteiger partial charge in [-0.05, 0) is 30.3 Å². The van der Waals surface area contributed by atoms with E-state index >= 15 is 0 Å². The van der Waals surface area contributed by atoms with Crippen LogP contribution in [-0.4, -0.2) is 4.98 Å². The summed E-state index contributed by atoms with van der Waals surface area (Å²) in [5, 5.41) is 0. The summed E-state index contributed by atoms with van der Waals surface area (Å²) < 4.78 is 12.7. The number of benzene rings is 1. The van der Waals surface area contributed by atoms with E-state index < -0.39 is 0 Å². The molecular formula is C10H9FN2. The van der Waals surface area contributed by atoms with Gasteiger partial charge in [-0.3, -0.25) is 0 Å². The predicted octanol–water partition coefficient (Wildman–Crippen LogP) is 2.40. The third kappa shape index (κ3) is 1.40. The first-order valence-corrected chi connectivity index (χ1v) is 3.96. The first kappa shape index (κ1) is 7.86. The van der Waals surface area contributed by atoms with Gasteiger partial charge < -0.3 is 10.7 Å². The summed E-state index contributed by atoms with van der Waals surface area (Å²) in [5.41, 5.74) is 7.83. The largest absolute Gasteiger partial charge is 0.398 e. The second kappa shape index (κ2) is 2.94. The van der Waals surface area contributed by atoms with Crippen LogP contribution in [0.4, 0.5) is 10.1 Å². The van der Waals surface area contributed by atoms with Crippen LogP contribution in [0.2, 0.25) is 0 Å². The fourth-order valence-electron chi connectivity index (χ4n) is 1.28. The van der Waals surface area contributed by atoms with Crippen LogP contribution >= 0.6 is 0 Å². The summed E-state index contributed by atoms with van der Waals surface area (Å²) in [5.74, 6) is -0.312. The minimum Gasteiger partial charge on any atom is -0.398 e. The highest BCUT2D eigenvalue weighted by molar-refractivity contribution is 5.73. The van der Waals surface area contributed by atoms with E-state index in [4.69, 9.17) is 5.73 Å². The molecule has 0 fully saturated rings. The monoisotopic (exact) mass is 176 g/mol. The van der Waals surface area contributed by atoms with Crippen LogP contribution in [0.3, 0.4) is 0 Å².